The van der Waals surface area contributed by atoms with E-state index in [1.54, 1.807) is 20.8 Å². The highest BCUT2D eigenvalue weighted by Crippen LogP contribution is 2.81. The Balaban J connectivity index is 1.42. The van der Waals surface area contributed by atoms with Crippen molar-refractivity contribution >= 4 is 35.6 Å². The molecule has 3 heterocycles. The summed E-state index contributed by atoms with van der Waals surface area (Å²) in [4.78, 5) is 80.1. The maximum atomic E-state index is 14.6. The molecular formula is C36H46O15. The predicted octanol–water partition coefficient (Wildman–Crippen LogP) is 0.624. The molecule has 0 aromatic heterocycles. The zero-order chi connectivity index (χ0) is 37.3. The molecule has 1 spiro atoms. The molecule has 3 unspecified atom stereocenters. The van der Waals surface area contributed by atoms with E-state index in [1.807, 2.05) is 6.92 Å². The summed E-state index contributed by atoms with van der Waals surface area (Å²) in [6.07, 6.45) is -7.96. The molecule has 0 aromatic rings. The van der Waals surface area contributed by atoms with Crippen LogP contribution >= 0.6 is 0 Å². The standard InChI is InChI=1S/C36H46O15/c1-11-19-22(34(8)35(9,44)31(43)51-36(34)28(11)50-36)26(45-12(2)37)20-18-21(27(46-13(3)38)30(33(19,20)7)48-15(5)40)32(6)16(23(41)24(18)42)10-17-25(49-17)29(32)47-14(4)39/h11,16-22,24-30,42,44H,10H2,1-9H3/t11-,16+,17-,18?,19-,20+,21?,22-,24+,25-,26+,27-,28-,29-,30-,32-,33+,34-,35+,36?/m0/s1. The molecule has 0 radical (unpaired) electrons. The lowest BCUT2D eigenvalue weighted by atomic mass is 9.41. The lowest BCUT2D eigenvalue weighted by Gasteiger charge is -2.65. The van der Waals surface area contributed by atoms with Crippen molar-refractivity contribution in [2.45, 2.75) is 129 Å². The van der Waals surface area contributed by atoms with Crippen LogP contribution in [0, 0.1) is 57.7 Å². The van der Waals surface area contributed by atoms with Crippen molar-refractivity contribution in [3.8, 4) is 0 Å². The number of esters is 5. The summed E-state index contributed by atoms with van der Waals surface area (Å²) in [5.74, 6) is -11.9. The fraction of sp³-hybridized carbons (Fsp3) is 0.833. The van der Waals surface area contributed by atoms with Gasteiger partial charge in [-0.15, -0.1) is 0 Å². The summed E-state index contributed by atoms with van der Waals surface area (Å²) in [5.41, 5.74) is -6.39. The SMILES string of the molecule is CC(=O)O[C@H]1[C@@H]2[C@H]([C@H](C)[C@@H]3OC34OC(=O)[C@@](C)(O)[C@]24C)[C@]2(C)[C@@H]1C1C([C@H](OC(C)=O)[C@@H]2OC(C)=O)[C@]2(C)[C@H](C[C@@H]3O[C@@H]3[C@@H]2OC(C)=O)C(=O)[C@@H]1O. The lowest BCUT2D eigenvalue weighted by molar-refractivity contribution is -0.273. The highest BCUT2D eigenvalue weighted by molar-refractivity contribution is 5.88. The highest BCUT2D eigenvalue weighted by Gasteiger charge is 2.93. The average molecular weight is 719 g/mol. The number of carbonyl (C=O) groups excluding carboxylic acids is 6. The van der Waals surface area contributed by atoms with Crippen molar-refractivity contribution in [2.24, 2.45) is 57.7 Å². The van der Waals surface area contributed by atoms with Crippen molar-refractivity contribution in [3.63, 3.8) is 0 Å². The molecule has 20 atom stereocenters. The monoisotopic (exact) mass is 718 g/mol. The molecule has 51 heavy (non-hydrogen) atoms. The van der Waals surface area contributed by atoms with E-state index in [0.717, 1.165) is 0 Å². The zero-order valence-electron chi connectivity index (χ0n) is 30.1. The topological polar surface area (TPSA) is 214 Å². The fourth-order valence-corrected chi connectivity index (χ4v) is 13.2. The van der Waals surface area contributed by atoms with Crippen LogP contribution in [0.5, 0.6) is 0 Å². The molecule has 15 heteroatoms. The van der Waals surface area contributed by atoms with E-state index in [-0.39, 0.29) is 6.42 Å². The normalized spacial score (nSPS) is 56.6. The number of Topliss-reactive ketones (excluding diaryl/α,β-unsaturated/α-hetero) is 1. The van der Waals surface area contributed by atoms with Gasteiger partial charge in [-0.2, -0.15) is 0 Å². The molecule has 0 amide bonds. The molecule has 3 aliphatic heterocycles. The van der Waals surface area contributed by atoms with Crippen LogP contribution in [-0.2, 0) is 61.9 Å². The predicted molar refractivity (Wildman–Crippen MR) is 165 cm³/mol. The van der Waals surface area contributed by atoms with Crippen LogP contribution in [0.15, 0.2) is 0 Å². The van der Waals surface area contributed by atoms with Crippen LogP contribution in [0.2, 0.25) is 0 Å². The molecule has 280 valence electrons. The number of rotatable bonds is 4. The number of ketones is 1. The minimum Gasteiger partial charge on any atom is -0.462 e. The first-order chi connectivity index (χ1) is 23.6. The molecule has 5 aliphatic carbocycles. The largest absolute Gasteiger partial charge is 0.462 e. The Hall–Kier alpha value is -3.14. The van der Waals surface area contributed by atoms with Crippen LogP contribution in [0.3, 0.4) is 0 Å². The number of aliphatic hydroxyl groups excluding tert-OH is 1. The van der Waals surface area contributed by atoms with E-state index in [2.05, 4.69) is 0 Å². The van der Waals surface area contributed by atoms with E-state index in [0.29, 0.717) is 0 Å². The summed E-state index contributed by atoms with van der Waals surface area (Å²) in [7, 11) is 0. The van der Waals surface area contributed by atoms with Crippen molar-refractivity contribution in [1.29, 1.82) is 0 Å². The Morgan fingerprint density at radius 1 is 0.765 bits per heavy atom. The van der Waals surface area contributed by atoms with Crippen LogP contribution in [0.4, 0.5) is 0 Å². The van der Waals surface area contributed by atoms with Gasteiger partial charge in [0.2, 0.25) is 5.79 Å². The first kappa shape index (κ1) is 34.9. The van der Waals surface area contributed by atoms with Crippen molar-refractivity contribution in [1.82, 2.24) is 0 Å². The van der Waals surface area contributed by atoms with Gasteiger partial charge in [0.15, 0.2) is 11.4 Å². The van der Waals surface area contributed by atoms with E-state index >= 15 is 0 Å². The van der Waals surface area contributed by atoms with E-state index < -0.39 is 154 Å². The lowest BCUT2D eigenvalue weighted by Crippen LogP contribution is -2.74. The average Bonchev–Trinajstić information content (AvgIpc) is 3.92. The number of fused-ring (bicyclic) bond motifs is 9. The van der Waals surface area contributed by atoms with Crippen molar-refractivity contribution in [2.75, 3.05) is 0 Å². The number of epoxide rings is 2. The number of aliphatic hydroxyl groups is 2. The second-order valence-electron chi connectivity index (χ2n) is 17.1. The molecule has 8 fully saturated rings. The van der Waals surface area contributed by atoms with Crippen LogP contribution < -0.4 is 0 Å². The second kappa shape index (κ2) is 10.3. The summed E-state index contributed by atoms with van der Waals surface area (Å²) in [6.45, 7) is 13.3. The zero-order valence-corrected chi connectivity index (χ0v) is 30.1. The van der Waals surface area contributed by atoms with Crippen LogP contribution in [-0.4, -0.2) is 106 Å². The molecule has 3 saturated heterocycles. The van der Waals surface area contributed by atoms with E-state index in [4.69, 9.17) is 33.2 Å². The van der Waals surface area contributed by atoms with Gasteiger partial charge in [-0.05, 0) is 32.1 Å². The van der Waals surface area contributed by atoms with Gasteiger partial charge in [-0.3, -0.25) is 24.0 Å². The Labute approximate surface area is 294 Å². The number of carbonyl (C=O) groups is 6. The van der Waals surface area contributed by atoms with Crippen LogP contribution in [0.1, 0.15) is 68.7 Å². The first-order valence-corrected chi connectivity index (χ1v) is 17.8. The van der Waals surface area contributed by atoms with Gasteiger partial charge in [-0.1, -0.05) is 20.8 Å². The number of hydrogen-bond donors (Lipinski definition) is 2. The molecule has 15 nitrogen and oxygen atoms in total. The van der Waals surface area contributed by atoms with Crippen LogP contribution in [0.25, 0.3) is 0 Å². The van der Waals surface area contributed by atoms with Gasteiger partial charge >= 0.3 is 29.8 Å². The van der Waals surface area contributed by atoms with Gasteiger partial charge in [0.1, 0.15) is 42.7 Å². The van der Waals surface area contributed by atoms with Gasteiger partial charge < -0.3 is 43.4 Å². The number of ether oxygens (including phenoxy) is 7. The minimum absolute atomic E-state index is 0.211. The van der Waals surface area contributed by atoms with Gasteiger partial charge in [-0.25, -0.2) is 4.79 Å². The first-order valence-electron chi connectivity index (χ1n) is 17.8. The maximum absolute atomic E-state index is 14.6. The summed E-state index contributed by atoms with van der Waals surface area (Å²) in [6, 6.07) is 0. The third kappa shape index (κ3) is 3.93. The maximum Gasteiger partial charge on any atom is 0.341 e. The third-order valence-electron chi connectivity index (χ3n) is 15.0. The third-order valence-corrected chi connectivity index (χ3v) is 15.0. The van der Waals surface area contributed by atoms with Gasteiger partial charge in [0.05, 0.1) is 11.5 Å². The number of hydrogen-bond acceptors (Lipinski definition) is 15. The van der Waals surface area contributed by atoms with E-state index in [1.165, 1.54) is 34.6 Å². The van der Waals surface area contributed by atoms with Crippen molar-refractivity contribution < 1.29 is 72.1 Å². The Bertz CT molecular complexity index is 1660. The minimum atomic E-state index is -2.15. The van der Waals surface area contributed by atoms with E-state index in [9.17, 15) is 39.0 Å². The summed E-state index contributed by atoms with van der Waals surface area (Å²) in [5, 5.41) is 24.4. The highest BCUT2D eigenvalue weighted by atomic mass is 16.8. The molecule has 5 saturated carbocycles. The smallest absolute Gasteiger partial charge is 0.341 e. The van der Waals surface area contributed by atoms with Gasteiger partial charge in [0.25, 0.3) is 0 Å². The Morgan fingerprint density at radius 2 is 1.31 bits per heavy atom. The molecule has 0 bridgehead atoms. The Morgan fingerprint density at radius 3 is 1.90 bits per heavy atom. The fourth-order valence-electron chi connectivity index (χ4n) is 13.2. The molecule has 2 N–H and O–H groups in total. The van der Waals surface area contributed by atoms with Crippen molar-refractivity contribution in [3.05, 3.63) is 0 Å². The summed E-state index contributed by atoms with van der Waals surface area (Å²) >= 11 is 0. The van der Waals surface area contributed by atoms with Gasteiger partial charge in [0, 0.05) is 68.1 Å². The molecule has 0 aromatic carbocycles. The molecular weight excluding hydrogens is 672 g/mol. The second-order valence-corrected chi connectivity index (χ2v) is 17.1. The molecule has 8 rings (SSSR count). The Kier molecular flexibility index (Phi) is 7.05. The summed E-state index contributed by atoms with van der Waals surface area (Å²) < 4.78 is 42.7. The quantitative estimate of drug-likeness (QED) is 0.232. The molecule has 8 aliphatic rings.